The number of nitrogens with one attached hydrogen (secondary N) is 1. The highest BCUT2D eigenvalue weighted by Crippen LogP contribution is 2.23. The molecule has 1 rings (SSSR count). The van der Waals surface area contributed by atoms with Gasteiger partial charge in [-0.2, -0.15) is 0 Å². The van der Waals surface area contributed by atoms with Crippen LogP contribution in [0.5, 0.6) is 0 Å². The van der Waals surface area contributed by atoms with Gasteiger partial charge in [0.1, 0.15) is 0 Å². The fourth-order valence-corrected chi connectivity index (χ4v) is 2.77. The van der Waals surface area contributed by atoms with Crippen LogP contribution in [0, 0.1) is 0 Å². The van der Waals surface area contributed by atoms with Crippen LogP contribution in [0.25, 0.3) is 0 Å². The van der Waals surface area contributed by atoms with E-state index in [-0.39, 0.29) is 6.03 Å². The zero-order chi connectivity index (χ0) is 11.5. The first-order valence-electron chi connectivity index (χ1n) is 5.15. The molecule has 1 atom stereocenters. The largest absolute Gasteiger partial charge is 0.496 e. The summed E-state index contributed by atoms with van der Waals surface area (Å²) in [5.74, 6) is 0. The highest BCUT2D eigenvalue weighted by molar-refractivity contribution is 6.57. The molecule has 0 saturated carbocycles. The van der Waals surface area contributed by atoms with Gasteiger partial charge in [0.2, 0.25) is 0 Å². The lowest BCUT2D eigenvalue weighted by Gasteiger charge is -2.23. The molecule has 0 aliphatic carbocycles. The zero-order valence-electron chi connectivity index (χ0n) is 8.81. The van der Waals surface area contributed by atoms with E-state index in [1.54, 1.807) is 11.8 Å². The van der Waals surface area contributed by atoms with Gasteiger partial charge in [0, 0.05) is 25.2 Å². The molecule has 0 aromatic heterocycles. The normalized spacial score (nSPS) is 19.2. The van der Waals surface area contributed by atoms with E-state index in [1.807, 2.05) is 0 Å². The van der Waals surface area contributed by atoms with Crippen molar-refractivity contribution in [3.8, 4) is 0 Å². The van der Waals surface area contributed by atoms with Crippen LogP contribution in [0.3, 0.4) is 0 Å². The molecule has 0 aromatic rings. The van der Waals surface area contributed by atoms with E-state index in [0.29, 0.717) is 32.5 Å². The van der Waals surface area contributed by atoms with Crippen molar-refractivity contribution < 1.29 is 19.2 Å². The predicted octanol–water partition coefficient (Wildman–Crippen LogP) is -0.902. The van der Waals surface area contributed by atoms with Crippen molar-refractivity contribution in [2.75, 3.05) is 19.6 Å². The second kappa shape index (κ2) is 4.93. The van der Waals surface area contributed by atoms with Gasteiger partial charge in [-0.25, -0.2) is 4.79 Å². The predicted molar refractivity (Wildman–Crippen MR) is 56.0 cm³/mol. The Bertz CT molecular complexity index is 231. The first-order valence-corrected chi connectivity index (χ1v) is 7.07. The van der Waals surface area contributed by atoms with Crippen molar-refractivity contribution in [3.05, 3.63) is 0 Å². The fraction of sp³-hybridized carbons (Fsp3) is 0.875. The van der Waals surface area contributed by atoms with Gasteiger partial charge in [0.15, 0.2) is 0 Å². The van der Waals surface area contributed by atoms with E-state index in [2.05, 4.69) is 5.32 Å². The maximum atomic E-state index is 11.2. The molecular formula is C8H18N2O4Si. The van der Waals surface area contributed by atoms with Gasteiger partial charge in [-0.05, 0) is 12.8 Å². The van der Waals surface area contributed by atoms with Crippen molar-refractivity contribution in [2.24, 2.45) is 0 Å². The third-order valence-electron chi connectivity index (χ3n) is 2.73. The van der Waals surface area contributed by atoms with E-state index < -0.39 is 14.3 Å². The van der Waals surface area contributed by atoms with Gasteiger partial charge in [0.05, 0.1) is 0 Å². The lowest BCUT2D eigenvalue weighted by atomic mass is 10.2. The standard InChI is InChI=1S/C8H18N2O4Si/c1-2-7(15(12,13)14)3-5-10-6-4-9-8(10)11/h7,12-14H,2-6H2,1H3,(H,9,11). The number of hydrogen-bond donors (Lipinski definition) is 4. The first-order chi connectivity index (χ1) is 6.95. The summed E-state index contributed by atoms with van der Waals surface area (Å²) in [4.78, 5) is 40.2. The monoisotopic (exact) mass is 234 g/mol. The van der Waals surface area contributed by atoms with Crippen LogP contribution in [0.15, 0.2) is 0 Å². The van der Waals surface area contributed by atoms with Gasteiger partial charge in [-0.3, -0.25) is 0 Å². The summed E-state index contributed by atoms with van der Waals surface area (Å²) in [5.41, 5.74) is -0.495. The van der Waals surface area contributed by atoms with Crippen LogP contribution in [0.4, 0.5) is 4.79 Å². The van der Waals surface area contributed by atoms with Crippen molar-refractivity contribution >= 4 is 14.8 Å². The van der Waals surface area contributed by atoms with Crippen molar-refractivity contribution in [3.63, 3.8) is 0 Å². The smallest absolute Gasteiger partial charge is 0.390 e. The van der Waals surface area contributed by atoms with Crippen LogP contribution in [-0.2, 0) is 0 Å². The van der Waals surface area contributed by atoms with Crippen molar-refractivity contribution in [1.29, 1.82) is 0 Å². The van der Waals surface area contributed by atoms with Crippen LogP contribution in [0.2, 0.25) is 5.54 Å². The Hall–Kier alpha value is -0.633. The summed E-state index contributed by atoms with van der Waals surface area (Å²) in [7, 11) is -4.04. The number of nitrogens with zero attached hydrogens (tertiary/aromatic N) is 1. The Balaban J connectivity index is 2.37. The average molecular weight is 234 g/mol. The number of carbonyl (C=O) groups is 1. The molecule has 4 N–H and O–H groups in total. The molecule has 15 heavy (non-hydrogen) atoms. The molecular weight excluding hydrogens is 216 g/mol. The highest BCUT2D eigenvalue weighted by atomic mass is 28.4. The molecule has 2 amide bonds. The molecule has 1 saturated heterocycles. The molecule has 0 spiro atoms. The van der Waals surface area contributed by atoms with E-state index in [4.69, 9.17) is 14.4 Å². The quantitative estimate of drug-likeness (QED) is 0.464. The molecule has 1 aliphatic heterocycles. The van der Waals surface area contributed by atoms with Gasteiger partial charge in [-0.1, -0.05) is 6.92 Å². The summed E-state index contributed by atoms with van der Waals surface area (Å²) in [6, 6.07) is -0.120. The number of rotatable bonds is 5. The first kappa shape index (κ1) is 12.4. The minimum absolute atomic E-state index is 0.120. The lowest BCUT2D eigenvalue weighted by Crippen LogP contribution is -2.42. The second-order valence-electron chi connectivity index (χ2n) is 3.80. The maximum Gasteiger partial charge on any atom is 0.496 e. The lowest BCUT2D eigenvalue weighted by molar-refractivity contribution is 0.194. The van der Waals surface area contributed by atoms with Gasteiger partial charge in [0.25, 0.3) is 0 Å². The summed E-state index contributed by atoms with van der Waals surface area (Å²) in [5, 5.41) is 2.66. The molecule has 1 fully saturated rings. The number of hydrogen-bond acceptors (Lipinski definition) is 4. The molecule has 0 bridgehead atoms. The van der Waals surface area contributed by atoms with Gasteiger partial charge in [-0.15, -0.1) is 0 Å². The Morgan fingerprint density at radius 1 is 1.53 bits per heavy atom. The summed E-state index contributed by atoms with van der Waals surface area (Å²) >= 11 is 0. The van der Waals surface area contributed by atoms with Crippen LogP contribution < -0.4 is 5.32 Å². The molecule has 1 aliphatic rings. The molecule has 0 radical (unpaired) electrons. The molecule has 0 aromatic carbocycles. The molecule has 88 valence electrons. The Morgan fingerprint density at radius 3 is 2.60 bits per heavy atom. The van der Waals surface area contributed by atoms with Gasteiger partial charge >= 0.3 is 14.8 Å². The van der Waals surface area contributed by atoms with E-state index >= 15 is 0 Å². The topological polar surface area (TPSA) is 93.0 Å². The summed E-state index contributed by atoms with van der Waals surface area (Å²) < 4.78 is 0. The SMILES string of the molecule is CCC(CCN1CCNC1=O)[Si](O)(O)O. The number of amides is 2. The third kappa shape index (κ3) is 3.45. The number of urea groups is 1. The second-order valence-corrected chi connectivity index (χ2v) is 5.99. The third-order valence-corrected chi connectivity index (χ3v) is 4.53. The Kier molecular flexibility index (Phi) is 4.09. The molecule has 7 heteroatoms. The summed E-state index contributed by atoms with van der Waals surface area (Å²) in [6.07, 6.45) is 0.935. The summed E-state index contributed by atoms with van der Waals surface area (Å²) in [6.45, 7) is 3.53. The Morgan fingerprint density at radius 2 is 2.20 bits per heavy atom. The minimum atomic E-state index is -4.04. The molecule has 6 nitrogen and oxygen atoms in total. The fourth-order valence-electron chi connectivity index (χ4n) is 1.71. The van der Waals surface area contributed by atoms with E-state index in [1.165, 1.54) is 0 Å². The molecule has 1 heterocycles. The van der Waals surface area contributed by atoms with Gasteiger partial charge < -0.3 is 24.6 Å². The Labute approximate surface area is 89.9 Å². The number of carbonyl (C=O) groups excluding carboxylic acids is 1. The van der Waals surface area contributed by atoms with E-state index in [0.717, 1.165) is 0 Å². The zero-order valence-corrected chi connectivity index (χ0v) is 9.81. The van der Waals surface area contributed by atoms with Crippen LogP contribution in [-0.4, -0.2) is 53.8 Å². The maximum absolute atomic E-state index is 11.2. The van der Waals surface area contributed by atoms with Crippen LogP contribution in [0.1, 0.15) is 19.8 Å². The van der Waals surface area contributed by atoms with Crippen molar-refractivity contribution in [1.82, 2.24) is 10.2 Å². The average Bonchev–Trinajstić information content (AvgIpc) is 2.50. The van der Waals surface area contributed by atoms with Crippen molar-refractivity contribution in [2.45, 2.75) is 25.3 Å². The minimum Gasteiger partial charge on any atom is -0.390 e. The molecule has 1 unspecified atom stereocenters. The van der Waals surface area contributed by atoms with E-state index in [9.17, 15) is 4.79 Å². The van der Waals surface area contributed by atoms with Crippen LogP contribution >= 0.6 is 0 Å². The highest BCUT2D eigenvalue weighted by Gasteiger charge is 2.38.